The molecule has 0 bridgehead atoms. The van der Waals surface area contributed by atoms with Crippen LogP contribution in [0.4, 0.5) is 4.39 Å². The number of carbonyl (C=O) groups excluding carboxylic acids is 1. The van der Waals surface area contributed by atoms with E-state index in [1.807, 2.05) is 41.4 Å². The van der Waals surface area contributed by atoms with E-state index in [1.54, 1.807) is 12.1 Å². The second-order valence-corrected chi connectivity index (χ2v) is 6.38. The van der Waals surface area contributed by atoms with E-state index < -0.39 is 0 Å². The number of amides is 1. The topological polar surface area (TPSA) is 36.1 Å². The number of nitrogens with one attached hydrogen (secondary N) is 1. The molecule has 1 amide bonds. The number of para-hydroxylation sites is 1. The van der Waals surface area contributed by atoms with Crippen LogP contribution in [-0.4, -0.2) is 21.8 Å². The van der Waals surface area contributed by atoms with E-state index >= 15 is 0 Å². The molecule has 1 heterocycles. The average Bonchev–Trinajstić information content (AvgIpc) is 3.36. The van der Waals surface area contributed by atoms with Gasteiger partial charge in [0.25, 0.3) is 0 Å². The zero-order chi connectivity index (χ0) is 16.5. The Labute approximate surface area is 140 Å². The number of halogens is 1. The molecule has 1 aliphatic rings. The van der Waals surface area contributed by atoms with Crippen molar-refractivity contribution in [2.45, 2.75) is 31.8 Å². The molecule has 0 saturated heterocycles. The van der Waals surface area contributed by atoms with Gasteiger partial charge in [0, 0.05) is 35.2 Å². The minimum absolute atomic E-state index is 0.0607. The molecule has 0 radical (unpaired) electrons. The Bertz CT molecular complexity index is 882. The van der Waals surface area contributed by atoms with Gasteiger partial charge in [0.05, 0.1) is 6.42 Å². The lowest BCUT2D eigenvalue weighted by Gasteiger charge is -2.23. The van der Waals surface area contributed by atoms with Gasteiger partial charge in [0.15, 0.2) is 0 Å². The highest BCUT2D eigenvalue weighted by molar-refractivity contribution is 5.89. The molecule has 0 atom stereocenters. The molecule has 4 heteroatoms. The highest BCUT2D eigenvalue weighted by Crippen LogP contribution is 2.30. The number of hydrogen-bond acceptors (Lipinski definition) is 1. The molecule has 0 spiro atoms. The Morgan fingerprint density at radius 1 is 1.08 bits per heavy atom. The molecule has 1 aromatic heterocycles. The molecule has 3 nitrogen and oxygen atoms in total. The molecule has 1 aliphatic carbocycles. The maximum atomic E-state index is 13.9. The third-order valence-corrected chi connectivity index (χ3v) is 4.62. The fourth-order valence-corrected chi connectivity index (χ4v) is 3.16. The number of fused-ring (bicyclic) bond motifs is 1. The number of carbonyl (C=O) groups is 1. The normalized spacial score (nSPS) is 14.0. The van der Waals surface area contributed by atoms with E-state index in [4.69, 9.17) is 0 Å². The molecule has 2 aromatic carbocycles. The molecule has 0 aliphatic heterocycles. The maximum absolute atomic E-state index is 13.9. The SMILES string of the molecule is O=C(Cc1c[nH]c2ccccc12)N(Cc1ccccc1F)C1CC1. The summed E-state index contributed by atoms with van der Waals surface area (Å²) in [5.41, 5.74) is 2.61. The zero-order valence-corrected chi connectivity index (χ0v) is 13.3. The van der Waals surface area contributed by atoms with Crippen molar-refractivity contribution in [2.24, 2.45) is 0 Å². The van der Waals surface area contributed by atoms with E-state index in [2.05, 4.69) is 4.98 Å². The van der Waals surface area contributed by atoms with Gasteiger partial charge in [0.2, 0.25) is 5.91 Å². The van der Waals surface area contributed by atoms with Crippen molar-refractivity contribution >= 4 is 16.8 Å². The molecular formula is C20H19FN2O. The number of aromatic nitrogens is 1. The summed E-state index contributed by atoms with van der Waals surface area (Å²) in [5, 5.41) is 1.08. The number of H-pyrrole nitrogens is 1. The average molecular weight is 322 g/mol. The lowest BCUT2D eigenvalue weighted by Crippen LogP contribution is -2.34. The highest BCUT2D eigenvalue weighted by atomic mass is 19.1. The summed E-state index contributed by atoms with van der Waals surface area (Å²) in [6.07, 6.45) is 4.26. The largest absolute Gasteiger partial charge is 0.361 e. The Morgan fingerprint density at radius 3 is 2.62 bits per heavy atom. The molecule has 1 N–H and O–H groups in total. The summed E-state index contributed by atoms with van der Waals surface area (Å²) in [6.45, 7) is 0.346. The first-order chi connectivity index (χ1) is 11.7. The van der Waals surface area contributed by atoms with Crippen LogP contribution in [0.15, 0.2) is 54.7 Å². The minimum atomic E-state index is -0.247. The number of nitrogens with zero attached hydrogens (tertiary/aromatic N) is 1. The lowest BCUT2D eigenvalue weighted by atomic mass is 10.1. The van der Waals surface area contributed by atoms with Crippen molar-refractivity contribution in [2.75, 3.05) is 0 Å². The van der Waals surface area contributed by atoms with E-state index in [0.29, 0.717) is 18.5 Å². The van der Waals surface area contributed by atoms with Gasteiger partial charge in [-0.25, -0.2) is 4.39 Å². The molecular weight excluding hydrogens is 303 g/mol. The molecule has 1 fully saturated rings. The van der Waals surface area contributed by atoms with Crippen LogP contribution < -0.4 is 0 Å². The second kappa shape index (κ2) is 6.11. The van der Waals surface area contributed by atoms with Crippen molar-refractivity contribution in [3.8, 4) is 0 Å². The fraction of sp³-hybridized carbons (Fsp3) is 0.250. The predicted molar refractivity (Wildman–Crippen MR) is 92.0 cm³/mol. The van der Waals surface area contributed by atoms with Gasteiger partial charge in [0.1, 0.15) is 5.82 Å². The van der Waals surface area contributed by atoms with Crippen LogP contribution in [0.1, 0.15) is 24.0 Å². The number of aromatic amines is 1. The standard InChI is InChI=1S/C20H19FN2O/c21-18-7-3-1-5-14(18)13-23(16-9-10-16)20(24)11-15-12-22-19-8-4-2-6-17(15)19/h1-8,12,16,22H,9-11,13H2. The third kappa shape index (κ3) is 2.92. The Morgan fingerprint density at radius 2 is 1.83 bits per heavy atom. The summed E-state index contributed by atoms with van der Waals surface area (Å²) in [7, 11) is 0. The van der Waals surface area contributed by atoms with Crippen LogP contribution in [0.25, 0.3) is 10.9 Å². The van der Waals surface area contributed by atoms with E-state index in [0.717, 1.165) is 29.3 Å². The quantitative estimate of drug-likeness (QED) is 0.756. The second-order valence-electron chi connectivity index (χ2n) is 6.38. The van der Waals surface area contributed by atoms with E-state index in [-0.39, 0.29) is 17.8 Å². The van der Waals surface area contributed by atoms with Gasteiger partial charge in [-0.2, -0.15) is 0 Å². The lowest BCUT2D eigenvalue weighted by molar-refractivity contribution is -0.131. The zero-order valence-electron chi connectivity index (χ0n) is 13.3. The third-order valence-electron chi connectivity index (χ3n) is 4.62. The molecule has 0 unspecified atom stereocenters. The van der Waals surface area contributed by atoms with Gasteiger partial charge in [-0.05, 0) is 30.5 Å². The smallest absolute Gasteiger partial charge is 0.227 e. The van der Waals surface area contributed by atoms with Crippen molar-refractivity contribution in [3.05, 3.63) is 71.7 Å². The van der Waals surface area contributed by atoms with Crippen molar-refractivity contribution < 1.29 is 9.18 Å². The van der Waals surface area contributed by atoms with Crippen LogP contribution >= 0.6 is 0 Å². The molecule has 3 aromatic rings. The van der Waals surface area contributed by atoms with Crippen LogP contribution in [-0.2, 0) is 17.8 Å². The number of benzene rings is 2. The van der Waals surface area contributed by atoms with Gasteiger partial charge in [-0.15, -0.1) is 0 Å². The fourth-order valence-electron chi connectivity index (χ4n) is 3.16. The molecule has 122 valence electrons. The van der Waals surface area contributed by atoms with Crippen molar-refractivity contribution in [1.82, 2.24) is 9.88 Å². The summed E-state index contributed by atoms with van der Waals surface area (Å²) in [4.78, 5) is 17.9. The van der Waals surface area contributed by atoms with Crippen LogP contribution in [0.3, 0.4) is 0 Å². The van der Waals surface area contributed by atoms with Gasteiger partial charge in [-0.3, -0.25) is 4.79 Å². The van der Waals surface area contributed by atoms with Crippen molar-refractivity contribution in [1.29, 1.82) is 0 Å². The summed E-state index contributed by atoms with van der Waals surface area (Å²) in [6, 6.07) is 14.9. The van der Waals surface area contributed by atoms with Gasteiger partial charge < -0.3 is 9.88 Å². The predicted octanol–water partition coefficient (Wildman–Crippen LogP) is 4.04. The number of hydrogen-bond donors (Lipinski definition) is 1. The Hall–Kier alpha value is -2.62. The Balaban J connectivity index is 1.55. The minimum Gasteiger partial charge on any atom is -0.361 e. The molecule has 4 rings (SSSR count). The molecule has 24 heavy (non-hydrogen) atoms. The monoisotopic (exact) mass is 322 g/mol. The highest BCUT2D eigenvalue weighted by Gasteiger charge is 2.33. The van der Waals surface area contributed by atoms with Crippen LogP contribution in [0, 0.1) is 5.82 Å². The summed E-state index contributed by atoms with van der Waals surface area (Å²) < 4.78 is 13.9. The first-order valence-electron chi connectivity index (χ1n) is 8.30. The van der Waals surface area contributed by atoms with Crippen LogP contribution in [0.2, 0.25) is 0 Å². The summed E-state index contributed by atoms with van der Waals surface area (Å²) >= 11 is 0. The van der Waals surface area contributed by atoms with Gasteiger partial charge >= 0.3 is 0 Å². The maximum Gasteiger partial charge on any atom is 0.227 e. The van der Waals surface area contributed by atoms with Gasteiger partial charge in [-0.1, -0.05) is 36.4 Å². The van der Waals surface area contributed by atoms with Crippen molar-refractivity contribution in [3.63, 3.8) is 0 Å². The summed E-state index contributed by atoms with van der Waals surface area (Å²) in [5.74, 6) is -0.187. The van der Waals surface area contributed by atoms with E-state index in [9.17, 15) is 9.18 Å². The first kappa shape index (κ1) is 14.9. The first-order valence-corrected chi connectivity index (χ1v) is 8.30. The number of rotatable bonds is 5. The van der Waals surface area contributed by atoms with Crippen LogP contribution in [0.5, 0.6) is 0 Å². The van der Waals surface area contributed by atoms with E-state index in [1.165, 1.54) is 6.07 Å². The molecule has 1 saturated carbocycles. The Kier molecular flexibility index (Phi) is 3.81.